The molecule has 0 saturated heterocycles. The molecule has 3 aliphatic rings. The van der Waals surface area contributed by atoms with E-state index in [1.807, 2.05) is 18.2 Å². The van der Waals surface area contributed by atoms with E-state index in [4.69, 9.17) is 14.2 Å². The van der Waals surface area contributed by atoms with Crippen molar-refractivity contribution in [1.82, 2.24) is 35.7 Å². The van der Waals surface area contributed by atoms with Gasteiger partial charge in [-0.2, -0.15) is 0 Å². The summed E-state index contributed by atoms with van der Waals surface area (Å²) < 4.78 is 56.0. The summed E-state index contributed by atoms with van der Waals surface area (Å²) in [6, 6.07) is 12.0. The SMILES string of the molecule is FC(F)(F)Oc1ccccc1-c1noc(C2CC2)c1COC1CC2CCC(C1)C2Nc1cnc2c(-c3nnn[nH]3)cccc2n1. The Morgan fingerprint density at radius 1 is 0.978 bits per heavy atom. The van der Waals surface area contributed by atoms with Gasteiger partial charge >= 0.3 is 6.36 Å². The molecule has 0 amide bonds. The van der Waals surface area contributed by atoms with E-state index in [0.29, 0.717) is 40.2 Å². The minimum absolute atomic E-state index is 0.0118. The van der Waals surface area contributed by atoms with Crippen LogP contribution in [0, 0.1) is 11.8 Å². The highest BCUT2D eigenvalue weighted by Crippen LogP contribution is 2.48. The van der Waals surface area contributed by atoms with Gasteiger partial charge in [-0.3, -0.25) is 0 Å². The van der Waals surface area contributed by atoms with Crippen LogP contribution in [0.5, 0.6) is 5.75 Å². The molecule has 0 radical (unpaired) electrons. The van der Waals surface area contributed by atoms with E-state index in [-0.39, 0.29) is 36.0 Å². The van der Waals surface area contributed by atoms with Crippen LogP contribution >= 0.6 is 0 Å². The third kappa shape index (κ3) is 5.58. The van der Waals surface area contributed by atoms with Crippen LogP contribution in [0.1, 0.15) is 55.8 Å². The number of alkyl halides is 3. The molecule has 3 aromatic heterocycles. The Morgan fingerprint density at radius 3 is 2.53 bits per heavy atom. The lowest BCUT2D eigenvalue weighted by molar-refractivity contribution is -0.274. The van der Waals surface area contributed by atoms with Crippen LogP contribution in [0.25, 0.3) is 33.7 Å². The highest BCUT2D eigenvalue weighted by Gasteiger charge is 2.44. The van der Waals surface area contributed by atoms with Crippen LogP contribution in [0.4, 0.5) is 19.0 Å². The quantitative estimate of drug-likeness (QED) is 0.190. The number of tetrazole rings is 1. The first-order valence-electron chi connectivity index (χ1n) is 15.1. The van der Waals surface area contributed by atoms with Crippen molar-refractivity contribution in [2.45, 2.75) is 69.6 Å². The van der Waals surface area contributed by atoms with Crippen LogP contribution in [0.2, 0.25) is 0 Å². The molecule has 2 bridgehead atoms. The number of hydrogen-bond acceptors (Lipinski definition) is 10. The molecule has 11 nitrogen and oxygen atoms in total. The monoisotopic (exact) mass is 618 g/mol. The number of fused-ring (bicyclic) bond motifs is 3. The molecule has 2 N–H and O–H groups in total. The van der Waals surface area contributed by atoms with Crippen LogP contribution in [0.3, 0.4) is 0 Å². The lowest BCUT2D eigenvalue weighted by Gasteiger charge is -2.36. The average molecular weight is 619 g/mol. The summed E-state index contributed by atoms with van der Waals surface area (Å²) in [6.07, 6.45) is 2.76. The Morgan fingerprint density at radius 2 is 1.78 bits per heavy atom. The van der Waals surface area contributed by atoms with Gasteiger partial charge in [0.25, 0.3) is 0 Å². The molecule has 0 aliphatic heterocycles. The van der Waals surface area contributed by atoms with Gasteiger partial charge in [-0.25, -0.2) is 15.1 Å². The number of rotatable bonds is 9. The number of nitrogens with one attached hydrogen (secondary N) is 2. The van der Waals surface area contributed by atoms with E-state index in [1.165, 1.54) is 12.1 Å². The molecule has 14 heteroatoms. The fourth-order valence-electron chi connectivity index (χ4n) is 7.01. The number of para-hydroxylation sites is 2. The maximum Gasteiger partial charge on any atom is 0.573 e. The minimum atomic E-state index is -4.82. The van der Waals surface area contributed by atoms with Crippen LogP contribution in [-0.4, -0.2) is 54.3 Å². The second kappa shape index (κ2) is 11.1. The van der Waals surface area contributed by atoms with Gasteiger partial charge in [-0.1, -0.05) is 23.4 Å². The maximum atomic E-state index is 13.1. The molecular formula is C31H29F3N8O3. The zero-order valence-electron chi connectivity index (χ0n) is 24.0. The van der Waals surface area contributed by atoms with E-state index in [0.717, 1.165) is 55.4 Å². The molecule has 2 unspecified atom stereocenters. The van der Waals surface area contributed by atoms with E-state index < -0.39 is 6.36 Å². The fraction of sp³-hybridized carbons (Fsp3) is 0.419. The Hall–Kier alpha value is -4.59. The third-order valence-corrected chi connectivity index (χ3v) is 9.14. The first kappa shape index (κ1) is 27.9. The van der Waals surface area contributed by atoms with Crippen LogP contribution in [0.15, 0.2) is 53.2 Å². The summed E-state index contributed by atoms with van der Waals surface area (Å²) in [5.41, 5.74) is 3.52. The Balaban J connectivity index is 0.970. The van der Waals surface area contributed by atoms with Gasteiger partial charge in [-0.15, -0.1) is 18.3 Å². The number of halogens is 3. The van der Waals surface area contributed by atoms with E-state index >= 15 is 0 Å². The van der Waals surface area contributed by atoms with E-state index in [1.54, 1.807) is 18.3 Å². The topological polar surface area (TPSA) is 137 Å². The maximum absolute atomic E-state index is 13.1. The lowest BCUT2D eigenvalue weighted by atomic mass is 9.82. The fourth-order valence-corrected chi connectivity index (χ4v) is 7.01. The van der Waals surface area contributed by atoms with Crippen molar-refractivity contribution in [2.75, 3.05) is 5.32 Å². The van der Waals surface area contributed by atoms with Crippen molar-refractivity contribution in [3.05, 3.63) is 60.0 Å². The Bertz CT molecular complexity index is 1810. The molecule has 2 aromatic carbocycles. The number of aromatic nitrogens is 7. The molecule has 3 aliphatic carbocycles. The summed E-state index contributed by atoms with van der Waals surface area (Å²) in [7, 11) is 0. The van der Waals surface area contributed by atoms with Gasteiger partial charge in [0.15, 0.2) is 5.82 Å². The third-order valence-electron chi connectivity index (χ3n) is 9.14. The molecule has 2 atom stereocenters. The average Bonchev–Trinajstić information content (AvgIpc) is 3.45. The summed E-state index contributed by atoms with van der Waals surface area (Å²) in [6.45, 7) is 0.215. The Kier molecular flexibility index (Phi) is 6.88. The van der Waals surface area contributed by atoms with Gasteiger partial charge in [0.05, 0.1) is 29.9 Å². The summed E-state index contributed by atoms with van der Waals surface area (Å²) in [5, 5.41) is 22.0. The standard InChI is InChI=1S/C31H29F3N8O3/c32-31(33,34)44-24-7-2-1-4-20(24)27-22(29(45-40-27)16-8-9-16)15-43-19-12-17-10-11-18(13-19)26(17)37-25-14-35-28-21(30-38-41-42-39-30)5-3-6-23(28)36-25/h1-7,14,16-19,26H,8-13,15H2,(H,36,37)(H,38,39,41,42). The number of ether oxygens (including phenoxy) is 2. The van der Waals surface area contributed by atoms with Crippen molar-refractivity contribution in [1.29, 1.82) is 0 Å². The second-order valence-electron chi connectivity index (χ2n) is 12.0. The largest absolute Gasteiger partial charge is 0.573 e. The molecule has 0 spiro atoms. The molecule has 5 aromatic rings. The lowest BCUT2D eigenvalue weighted by Crippen LogP contribution is -2.39. The molecular weight excluding hydrogens is 589 g/mol. The zero-order chi connectivity index (χ0) is 30.5. The summed E-state index contributed by atoms with van der Waals surface area (Å²) in [5.74, 6) is 2.64. The van der Waals surface area contributed by atoms with Gasteiger partial charge in [0.2, 0.25) is 0 Å². The predicted octanol–water partition coefficient (Wildman–Crippen LogP) is 6.43. The Labute approximate surface area is 254 Å². The number of nitrogens with zero attached hydrogens (tertiary/aromatic N) is 6. The molecule has 3 saturated carbocycles. The molecule has 232 valence electrons. The van der Waals surface area contributed by atoms with Gasteiger partial charge in [0.1, 0.15) is 23.0 Å². The zero-order valence-corrected chi connectivity index (χ0v) is 24.0. The molecule has 8 rings (SSSR count). The number of hydrogen-bond donors (Lipinski definition) is 2. The number of benzene rings is 2. The summed E-state index contributed by atoms with van der Waals surface area (Å²) in [4.78, 5) is 9.52. The van der Waals surface area contributed by atoms with Gasteiger partial charge in [-0.05, 0) is 85.1 Å². The normalized spacial score (nSPS) is 23.0. The molecule has 3 heterocycles. The van der Waals surface area contributed by atoms with Crippen molar-refractivity contribution in [3.63, 3.8) is 0 Å². The highest BCUT2D eigenvalue weighted by molar-refractivity contribution is 5.89. The molecule has 3 fully saturated rings. The molecule has 45 heavy (non-hydrogen) atoms. The van der Waals surface area contributed by atoms with Crippen molar-refractivity contribution in [2.24, 2.45) is 11.8 Å². The van der Waals surface area contributed by atoms with Gasteiger partial charge < -0.3 is 19.3 Å². The first-order valence-corrected chi connectivity index (χ1v) is 15.1. The highest BCUT2D eigenvalue weighted by atomic mass is 19.4. The number of H-pyrrole nitrogens is 1. The van der Waals surface area contributed by atoms with Crippen molar-refractivity contribution < 1.29 is 27.2 Å². The van der Waals surface area contributed by atoms with Gasteiger partial charge in [0, 0.05) is 28.7 Å². The minimum Gasteiger partial charge on any atom is -0.405 e. The van der Waals surface area contributed by atoms with Crippen molar-refractivity contribution >= 4 is 16.9 Å². The van der Waals surface area contributed by atoms with Crippen molar-refractivity contribution in [3.8, 4) is 28.4 Å². The van der Waals surface area contributed by atoms with E-state index in [2.05, 4.69) is 40.8 Å². The smallest absolute Gasteiger partial charge is 0.405 e. The summed E-state index contributed by atoms with van der Waals surface area (Å²) >= 11 is 0. The first-order chi connectivity index (χ1) is 21.9. The van der Waals surface area contributed by atoms with Crippen LogP contribution in [-0.2, 0) is 11.3 Å². The predicted molar refractivity (Wildman–Crippen MR) is 155 cm³/mol. The van der Waals surface area contributed by atoms with E-state index in [9.17, 15) is 13.2 Å². The van der Waals surface area contributed by atoms with Crippen LogP contribution < -0.4 is 10.1 Å². The second-order valence-corrected chi connectivity index (χ2v) is 12.0. The number of aromatic amines is 1. The number of anilines is 1.